The highest BCUT2D eigenvalue weighted by Gasteiger charge is 2.37. The van der Waals surface area contributed by atoms with Gasteiger partial charge in [0.15, 0.2) is 7.38 Å². The Balaban J connectivity index is 4.54. The van der Waals surface area contributed by atoms with Crippen molar-refractivity contribution >= 4 is 60.3 Å². The third kappa shape index (κ3) is 5.53. The Bertz CT molecular complexity index is 244. The minimum absolute atomic E-state index is 0.143. The van der Waals surface area contributed by atoms with E-state index in [0.29, 0.717) is 6.04 Å². The van der Waals surface area contributed by atoms with Gasteiger partial charge in [0.25, 0.3) is 0 Å². The van der Waals surface area contributed by atoms with Gasteiger partial charge in [0.2, 0.25) is 0 Å². The maximum absolute atomic E-state index is 11.9. The predicted molar refractivity (Wildman–Crippen MR) is 80.0 cm³/mol. The fourth-order valence-electron chi connectivity index (χ4n) is 1.24. The number of hydrogen-bond acceptors (Lipinski definition) is 2. The van der Waals surface area contributed by atoms with E-state index in [2.05, 4.69) is 15.9 Å². The van der Waals surface area contributed by atoms with Gasteiger partial charge in [-0.1, -0.05) is 35.9 Å². The molecule has 0 aliphatic rings. The standard InChI is InChI=1S/C9H19BrCl2O2Si2/c1-5-7(16(3,4)12)14-8(13)9(2,10)6-15-11/h7H,5-6,15H2,1-4H3. The summed E-state index contributed by atoms with van der Waals surface area (Å²) >= 11 is 15.5. The van der Waals surface area contributed by atoms with Crippen molar-refractivity contribution in [2.45, 2.75) is 49.5 Å². The number of alkyl halides is 1. The summed E-state index contributed by atoms with van der Waals surface area (Å²) in [6.07, 6.45) is 0.760. The lowest BCUT2D eigenvalue weighted by Gasteiger charge is -2.29. The zero-order chi connectivity index (χ0) is 13.0. The molecule has 0 aromatic rings. The number of ether oxygens (including phenoxy) is 1. The summed E-state index contributed by atoms with van der Waals surface area (Å²) in [6.45, 7) is 7.76. The van der Waals surface area contributed by atoms with Gasteiger partial charge in [0, 0.05) is 0 Å². The number of rotatable bonds is 6. The molecule has 0 aromatic carbocycles. The maximum atomic E-state index is 11.9. The quantitative estimate of drug-likeness (QED) is 0.312. The Morgan fingerprint density at radius 1 is 1.62 bits per heavy atom. The third-order valence-corrected chi connectivity index (χ3v) is 8.37. The Kier molecular flexibility index (Phi) is 7.19. The van der Waals surface area contributed by atoms with Crippen molar-refractivity contribution in [3.05, 3.63) is 0 Å². The molecule has 0 bridgehead atoms. The minimum atomic E-state index is -1.96. The molecule has 0 aliphatic carbocycles. The average Bonchev–Trinajstić information content (AvgIpc) is 2.11. The second kappa shape index (κ2) is 6.78. The fourth-order valence-corrected chi connectivity index (χ4v) is 6.26. The number of esters is 1. The van der Waals surface area contributed by atoms with Crippen molar-refractivity contribution in [1.82, 2.24) is 0 Å². The Hall–Kier alpha value is 0.964. The number of hydrogen-bond donors (Lipinski definition) is 0. The van der Waals surface area contributed by atoms with Crippen molar-refractivity contribution in [2.75, 3.05) is 0 Å². The van der Waals surface area contributed by atoms with Crippen LogP contribution >= 0.6 is 38.1 Å². The van der Waals surface area contributed by atoms with Crippen molar-refractivity contribution in [3.63, 3.8) is 0 Å². The SMILES string of the molecule is CCC(OC(=O)C(C)(Br)C[SiH2]Cl)[Si](C)(C)Cl. The molecule has 0 aromatic heterocycles. The van der Waals surface area contributed by atoms with Crippen molar-refractivity contribution in [3.8, 4) is 0 Å². The van der Waals surface area contributed by atoms with E-state index in [0.717, 1.165) is 6.42 Å². The fraction of sp³-hybridized carbons (Fsp3) is 0.889. The number of carbonyl (C=O) groups is 1. The van der Waals surface area contributed by atoms with Gasteiger partial charge in [-0.3, -0.25) is 4.79 Å². The summed E-state index contributed by atoms with van der Waals surface area (Å²) in [7, 11) is -2.67. The van der Waals surface area contributed by atoms with E-state index in [1.165, 1.54) is 0 Å². The summed E-state index contributed by atoms with van der Waals surface area (Å²) in [4.78, 5) is 11.9. The number of carbonyl (C=O) groups excluding carboxylic acids is 1. The van der Waals surface area contributed by atoms with Crippen LogP contribution in [0.15, 0.2) is 0 Å². The van der Waals surface area contributed by atoms with E-state index >= 15 is 0 Å². The summed E-state index contributed by atoms with van der Waals surface area (Å²) < 4.78 is 4.84. The van der Waals surface area contributed by atoms with Crippen LogP contribution < -0.4 is 0 Å². The van der Waals surface area contributed by atoms with Crippen molar-refractivity contribution in [2.24, 2.45) is 0 Å². The lowest BCUT2D eigenvalue weighted by molar-refractivity contribution is -0.147. The Morgan fingerprint density at radius 3 is 2.44 bits per heavy atom. The summed E-state index contributed by atoms with van der Waals surface area (Å²) in [6, 6.07) is 0.675. The molecular weight excluding hydrogens is 347 g/mol. The summed E-state index contributed by atoms with van der Waals surface area (Å²) in [5.74, 6) is -0.242. The molecule has 0 spiro atoms. The Morgan fingerprint density at radius 2 is 2.12 bits per heavy atom. The number of halogens is 3. The smallest absolute Gasteiger partial charge is 0.322 e. The van der Waals surface area contributed by atoms with Crippen LogP contribution in [0.5, 0.6) is 0 Å². The Labute approximate surface area is 119 Å². The first kappa shape index (κ1) is 17.0. The van der Waals surface area contributed by atoms with Gasteiger partial charge in [-0.05, 0) is 19.4 Å². The second-order valence-corrected chi connectivity index (χ2v) is 15.0. The molecule has 0 saturated heterocycles. The summed E-state index contributed by atoms with van der Waals surface area (Å²) in [5.41, 5.74) is -0.143. The molecule has 2 atom stereocenters. The molecular formula is C9H19BrCl2O2Si2. The van der Waals surface area contributed by atoms with Crippen LogP contribution in [0.2, 0.25) is 19.1 Å². The van der Waals surface area contributed by atoms with Gasteiger partial charge in [0.05, 0.1) is 0 Å². The second-order valence-electron chi connectivity index (χ2n) is 4.50. The van der Waals surface area contributed by atoms with E-state index in [9.17, 15) is 4.79 Å². The van der Waals surface area contributed by atoms with E-state index in [1.807, 2.05) is 20.0 Å². The molecule has 16 heavy (non-hydrogen) atoms. The van der Waals surface area contributed by atoms with Gasteiger partial charge in [-0.2, -0.15) is 22.2 Å². The topological polar surface area (TPSA) is 26.3 Å². The lowest BCUT2D eigenvalue weighted by Crippen LogP contribution is -2.43. The minimum Gasteiger partial charge on any atom is -0.464 e. The third-order valence-electron chi connectivity index (χ3n) is 2.38. The molecule has 2 unspecified atom stereocenters. The molecule has 0 saturated carbocycles. The van der Waals surface area contributed by atoms with E-state index in [1.54, 1.807) is 6.92 Å². The zero-order valence-electron chi connectivity index (χ0n) is 10.1. The molecule has 0 aliphatic heterocycles. The van der Waals surface area contributed by atoms with E-state index < -0.39 is 20.5 Å². The summed E-state index contributed by atoms with van der Waals surface area (Å²) in [5, 5.41) is 0. The van der Waals surface area contributed by atoms with Crippen molar-refractivity contribution in [1.29, 1.82) is 0 Å². The molecule has 2 nitrogen and oxygen atoms in total. The van der Waals surface area contributed by atoms with Crippen LogP contribution in [-0.2, 0) is 9.53 Å². The van der Waals surface area contributed by atoms with E-state index in [4.69, 9.17) is 26.9 Å². The predicted octanol–water partition coefficient (Wildman–Crippen LogP) is 3.19. The van der Waals surface area contributed by atoms with E-state index in [-0.39, 0.29) is 11.7 Å². The first-order valence-corrected chi connectivity index (χ1v) is 13.3. The van der Waals surface area contributed by atoms with Gasteiger partial charge in [0.1, 0.15) is 18.9 Å². The highest BCUT2D eigenvalue weighted by atomic mass is 79.9. The largest absolute Gasteiger partial charge is 0.464 e. The first-order valence-electron chi connectivity index (χ1n) is 5.30. The first-order chi connectivity index (χ1) is 7.15. The molecule has 0 rings (SSSR count). The van der Waals surface area contributed by atoms with Crippen molar-refractivity contribution < 1.29 is 9.53 Å². The maximum Gasteiger partial charge on any atom is 0.322 e. The van der Waals surface area contributed by atoms with Crippen LogP contribution in [0.3, 0.4) is 0 Å². The van der Waals surface area contributed by atoms with Gasteiger partial charge >= 0.3 is 5.97 Å². The van der Waals surface area contributed by atoms with Crippen LogP contribution in [0.1, 0.15) is 20.3 Å². The van der Waals surface area contributed by atoms with Crippen LogP contribution in [0.25, 0.3) is 0 Å². The van der Waals surface area contributed by atoms with Crippen LogP contribution in [0.4, 0.5) is 0 Å². The van der Waals surface area contributed by atoms with Gasteiger partial charge in [-0.15, -0.1) is 0 Å². The van der Waals surface area contributed by atoms with Crippen LogP contribution in [0, 0.1) is 0 Å². The molecule has 0 heterocycles. The lowest BCUT2D eigenvalue weighted by atomic mass is 10.2. The molecule has 0 N–H and O–H groups in total. The highest BCUT2D eigenvalue weighted by Crippen LogP contribution is 2.28. The molecule has 7 heteroatoms. The highest BCUT2D eigenvalue weighted by molar-refractivity contribution is 9.10. The molecule has 96 valence electrons. The monoisotopic (exact) mass is 364 g/mol. The molecule has 0 amide bonds. The average molecular weight is 366 g/mol. The molecule has 0 fully saturated rings. The normalized spacial score (nSPS) is 18.4. The van der Waals surface area contributed by atoms with Crippen LogP contribution in [-0.4, -0.2) is 32.2 Å². The van der Waals surface area contributed by atoms with Gasteiger partial charge < -0.3 is 4.74 Å². The zero-order valence-corrected chi connectivity index (χ0v) is 15.7. The van der Waals surface area contributed by atoms with Gasteiger partial charge in [-0.25, -0.2) is 0 Å². The molecule has 0 radical (unpaired) electrons.